The van der Waals surface area contributed by atoms with E-state index in [0.717, 1.165) is 0 Å². The molecule has 0 aliphatic carbocycles. The molecule has 0 radical (unpaired) electrons. The molecule has 0 aliphatic rings. The van der Waals surface area contributed by atoms with Gasteiger partial charge in [-0.3, -0.25) is 0 Å². The summed E-state index contributed by atoms with van der Waals surface area (Å²) in [7, 11) is 0. The van der Waals surface area contributed by atoms with Gasteiger partial charge >= 0.3 is 12.4 Å². The molecule has 7 heteroatoms. The lowest BCUT2D eigenvalue weighted by Crippen LogP contribution is -2.12. The molecule has 0 atom stereocenters. The highest BCUT2D eigenvalue weighted by atomic mass is 19.4. The van der Waals surface area contributed by atoms with Crippen LogP contribution in [0.5, 0.6) is 0 Å². The van der Waals surface area contributed by atoms with Crippen molar-refractivity contribution in [2.75, 3.05) is 11.9 Å². The maximum Gasteiger partial charge on any atom is 0.416 e. The van der Waals surface area contributed by atoms with Crippen LogP contribution in [-0.4, -0.2) is 6.54 Å². The molecule has 1 rings (SSSR count). The Morgan fingerprint density at radius 2 is 1.39 bits per heavy atom. The minimum Gasteiger partial charge on any atom is -0.374 e. The molecule has 98 valence electrons. The Kier molecular flexibility index (Phi) is 3.79. The molecule has 0 heterocycles. The van der Waals surface area contributed by atoms with Crippen LogP contribution >= 0.6 is 0 Å². The number of hydrogen-bond donors (Lipinski definition) is 1. The second-order valence-corrected chi connectivity index (χ2v) is 3.35. The summed E-state index contributed by atoms with van der Waals surface area (Å²) in [5.41, 5.74) is -3.08. The number of terminal acetylenes is 1. The lowest BCUT2D eigenvalue weighted by atomic mass is 10.1. The van der Waals surface area contributed by atoms with Crippen molar-refractivity contribution >= 4 is 5.69 Å². The molecule has 0 aliphatic heterocycles. The summed E-state index contributed by atoms with van der Waals surface area (Å²) in [5.74, 6) is 2.06. The maximum absolute atomic E-state index is 12.4. The first-order valence-corrected chi connectivity index (χ1v) is 4.61. The highest BCUT2D eigenvalue weighted by molar-refractivity contribution is 5.51. The first-order chi connectivity index (χ1) is 8.14. The lowest BCUT2D eigenvalue weighted by molar-refractivity contribution is -0.143. The van der Waals surface area contributed by atoms with Crippen molar-refractivity contribution in [3.05, 3.63) is 29.3 Å². The second-order valence-electron chi connectivity index (χ2n) is 3.35. The monoisotopic (exact) mass is 267 g/mol. The van der Waals surface area contributed by atoms with Gasteiger partial charge in [-0.15, -0.1) is 6.42 Å². The molecule has 0 aromatic heterocycles. The molecule has 0 saturated heterocycles. The van der Waals surface area contributed by atoms with Gasteiger partial charge in [0, 0.05) is 5.69 Å². The fourth-order valence-corrected chi connectivity index (χ4v) is 1.21. The molecule has 1 aromatic carbocycles. The number of halogens is 6. The molecule has 0 amide bonds. The smallest absolute Gasteiger partial charge is 0.374 e. The van der Waals surface area contributed by atoms with Gasteiger partial charge in [0.05, 0.1) is 17.7 Å². The quantitative estimate of drug-likeness (QED) is 0.635. The Balaban J connectivity index is 3.26. The van der Waals surface area contributed by atoms with E-state index in [1.165, 1.54) is 0 Å². The highest BCUT2D eigenvalue weighted by Crippen LogP contribution is 2.37. The topological polar surface area (TPSA) is 12.0 Å². The molecular formula is C11H7F6N. The SMILES string of the molecule is C#CCNc1cc(C(F)(F)F)cc(C(F)(F)F)c1. The zero-order chi connectivity index (χ0) is 14.0. The van der Waals surface area contributed by atoms with Gasteiger partial charge < -0.3 is 5.32 Å². The second kappa shape index (κ2) is 4.80. The van der Waals surface area contributed by atoms with E-state index in [-0.39, 0.29) is 18.3 Å². The van der Waals surface area contributed by atoms with Crippen LogP contribution < -0.4 is 5.32 Å². The first-order valence-electron chi connectivity index (χ1n) is 4.61. The third kappa shape index (κ3) is 3.58. The van der Waals surface area contributed by atoms with Gasteiger partial charge in [0.2, 0.25) is 0 Å². The van der Waals surface area contributed by atoms with Crippen molar-refractivity contribution in [2.24, 2.45) is 0 Å². The Morgan fingerprint density at radius 1 is 0.944 bits per heavy atom. The van der Waals surface area contributed by atoms with Gasteiger partial charge in [-0.25, -0.2) is 0 Å². The Labute approximate surface area is 98.8 Å². The van der Waals surface area contributed by atoms with E-state index in [0.29, 0.717) is 12.1 Å². The highest BCUT2D eigenvalue weighted by Gasteiger charge is 2.36. The molecular weight excluding hydrogens is 260 g/mol. The number of hydrogen-bond acceptors (Lipinski definition) is 1. The van der Waals surface area contributed by atoms with E-state index in [1.807, 2.05) is 0 Å². The van der Waals surface area contributed by atoms with E-state index in [2.05, 4.69) is 11.2 Å². The fourth-order valence-electron chi connectivity index (χ4n) is 1.21. The average Bonchev–Trinajstić information content (AvgIpc) is 2.23. The van der Waals surface area contributed by atoms with E-state index < -0.39 is 23.5 Å². The van der Waals surface area contributed by atoms with Crippen molar-refractivity contribution in [1.29, 1.82) is 0 Å². The van der Waals surface area contributed by atoms with Gasteiger partial charge in [-0.1, -0.05) is 5.92 Å². The molecule has 1 aromatic rings. The third-order valence-corrected chi connectivity index (χ3v) is 1.98. The Bertz CT molecular complexity index is 434. The molecule has 1 N–H and O–H groups in total. The van der Waals surface area contributed by atoms with Crippen molar-refractivity contribution in [3.8, 4) is 12.3 Å². The minimum absolute atomic E-state index is 0.0566. The zero-order valence-corrected chi connectivity index (χ0v) is 8.78. The largest absolute Gasteiger partial charge is 0.416 e. The maximum atomic E-state index is 12.4. The summed E-state index contributed by atoms with van der Waals surface area (Å²) in [6.07, 6.45) is -4.84. The lowest BCUT2D eigenvalue weighted by Gasteiger charge is -2.14. The molecule has 0 spiro atoms. The van der Waals surface area contributed by atoms with Crippen LogP contribution in [-0.2, 0) is 12.4 Å². The van der Waals surface area contributed by atoms with Crippen LogP contribution in [0.3, 0.4) is 0 Å². The number of anilines is 1. The van der Waals surface area contributed by atoms with E-state index in [1.54, 1.807) is 0 Å². The summed E-state index contributed by atoms with van der Waals surface area (Å²) in [5, 5.41) is 2.28. The molecule has 18 heavy (non-hydrogen) atoms. The van der Waals surface area contributed by atoms with Gasteiger partial charge in [-0.05, 0) is 18.2 Å². The predicted molar refractivity (Wildman–Crippen MR) is 53.8 cm³/mol. The van der Waals surface area contributed by atoms with Crippen molar-refractivity contribution < 1.29 is 26.3 Å². The normalized spacial score (nSPS) is 12.1. The average molecular weight is 267 g/mol. The van der Waals surface area contributed by atoms with E-state index in [9.17, 15) is 26.3 Å². The van der Waals surface area contributed by atoms with Gasteiger partial charge in [0.25, 0.3) is 0 Å². The zero-order valence-electron chi connectivity index (χ0n) is 8.78. The molecule has 0 saturated carbocycles. The standard InChI is InChI=1S/C11H7F6N/c1-2-3-18-9-5-7(10(12,13)14)4-8(6-9)11(15,16)17/h1,4-6,18H,3H2. The van der Waals surface area contributed by atoms with Crippen LogP contribution in [0.25, 0.3) is 0 Å². The van der Waals surface area contributed by atoms with Crippen LogP contribution in [0.4, 0.5) is 32.0 Å². The van der Waals surface area contributed by atoms with Gasteiger partial charge in [-0.2, -0.15) is 26.3 Å². The van der Waals surface area contributed by atoms with E-state index >= 15 is 0 Å². The number of nitrogens with one attached hydrogen (secondary N) is 1. The minimum atomic E-state index is -4.85. The summed E-state index contributed by atoms with van der Waals surface area (Å²) in [6, 6.07) is 1.21. The van der Waals surface area contributed by atoms with Crippen LogP contribution in [0.2, 0.25) is 0 Å². The van der Waals surface area contributed by atoms with Crippen LogP contribution in [0.15, 0.2) is 18.2 Å². The van der Waals surface area contributed by atoms with Crippen molar-refractivity contribution in [1.82, 2.24) is 0 Å². The Hall–Kier alpha value is -1.84. The summed E-state index contributed by atoms with van der Waals surface area (Å²) >= 11 is 0. The van der Waals surface area contributed by atoms with Crippen molar-refractivity contribution in [3.63, 3.8) is 0 Å². The van der Waals surface area contributed by atoms with E-state index in [4.69, 9.17) is 6.42 Å². The Morgan fingerprint density at radius 3 is 1.72 bits per heavy atom. The van der Waals surface area contributed by atoms with Gasteiger partial charge in [0.15, 0.2) is 0 Å². The molecule has 0 fully saturated rings. The number of rotatable bonds is 2. The summed E-state index contributed by atoms with van der Waals surface area (Å²) < 4.78 is 74.5. The van der Waals surface area contributed by atoms with Gasteiger partial charge in [0.1, 0.15) is 0 Å². The third-order valence-electron chi connectivity index (χ3n) is 1.98. The van der Waals surface area contributed by atoms with Crippen LogP contribution in [0.1, 0.15) is 11.1 Å². The first kappa shape index (κ1) is 14.2. The van der Waals surface area contributed by atoms with Crippen molar-refractivity contribution in [2.45, 2.75) is 12.4 Å². The summed E-state index contributed by atoms with van der Waals surface area (Å²) in [6.45, 7) is -0.168. The van der Waals surface area contributed by atoms with Crippen LogP contribution in [0, 0.1) is 12.3 Å². The molecule has 0 bridgehead atoms. The summed E-state index contributed by atoms with van der Waals surface area (Å²) in [4.78, 5) is 0. The fraction of sp³-hybridized carbons (Fsp3) is 0.273. The molecule has 0 unspecified atom stereocenters. The predicted octanol–water partition coefficient (Wildman–Crippen LogP) is 3.77. The molecule has 1 nitrogen and oxygen atoms in total. The number of alkyl halides is 6. The number of benzene rings is 1.